The van der Waals surface area contributed by atoms with Crippen molar-refractivity contribution < 1.29 is 23.8 Å². The van der Waals surface area contributed by atoms with Gasteiger partial charge < -0.3 is 19.5 Å². The predicted molar refractivity (Wildman–Crippen MR) is 98.6 cm³/mol. The summed E-state index contributed by atoms with van der Waals surface area (Å²) in [4.78, 5) is 26.7. The molecule has 3 amide bonds. The minimum atomic E-state index is -0.837. The lowest BCUT2D eigenvalue weighted by Gasteiger charge is -2.40. The first-order valence-electron chi connectivity index (χ1n) is 10.2. The molecule has 0 bridgehead atoms. The number of nitrogens with zero attached hydrogens (tertiary/aromatic N) is 1. The second-order valence-electron chi connectivity index (χ2n) is 9.06. The summed E-state index contributed by atoms with van der Waals surface area (Å²) < 4.78 is 17.6. The van der Waals surface area contributed by atoms with Gasteiger partial charge in [0.25, 0.3) is 5.91 Å². The summed E-state index contributed by atoms with van der Waals surface area (Å²) in [6.07, 6.45) is 4.22. The number of urea groups is 1. The molecule has 148 valence electrons. The first kappa shape index (κ1) is 16.7. The van der Waals surface area contributed by atoms with E-state index in [-0.39, 0.29) is 36.1 Å². The van der Waals surface area contributed by atoms with Crippen LogP contribution in [0.5, 0.6) is 11.5 Å². The van der Waals surface area contributed by atoms with E-state index in [0.29, 0.717) is 25.9 Å². The number of imide groups is 1. The van der Waals surface area contributed by atoms with E-state index in [2.05, 4.69) is 17.4 Å². The fraction of sp³-hybridized carbons (Fsp3) is 0.619. The van der Waals surface area contributed by atoms with Gasteiger partial charge in [-0.25, -0.2) is 4.79 Å². The van der Waals surface area contributed by atoms with E-state index in [1.165, 1.54) is 10.5 Å². The lowest BCUT2D eigenvalue weighted by Crippen LogP contribution is -2.53. The lowest BCUT2D eigenvalue weighted by molar-refractivity contribution is -0.135. The minimum absolute atomic E-state index is 0.0179. The molecule has 3 aliphatic heterocycles. The molecule has 2 aliphatic carbocycles. The third-order valence-electron chi connectivity index (χ3n) is 7.04. The van der Waals surface area contributed by atoms with Crippen LogP contribution in [-0.2, 0) is 14.9 Å². The quantitative estimate of drug-likeness (QED) is 0.807. The number of carbonyl (C=O) groups excluding carboxylic acids is 2. The summed E-state index contributed by atoms with van der Waals surface area (Å²) in [5, 5.41) is 2.86. The number of amides is 3. The number of hydrogen-bond acceptors (Lipinski definition) is 5. The van der Waals surface area contributed by atoms with Crippen molar-refractivity contribution in [2.24, 2.45) is 0 Å². The smallest absolute Gasteiger partial charge is 0.325 e. The Balaban J connectivity index is 1.17. The highest BCUT2D eigenvalue weighted by molar-refractivity contribution is 6.07. The number of aryl methyl sites for hydroxylation is 1. The monoisotopic (exact) mass is 384 g/mol. The highest BCUT2D eigenvalue weighted by atomic mass is 16.5. The zero-order valence-electron chi connectivity index (χ0n) is 16.0. The number of rotatable bonds is 3. The average molecular weight is 384 g/mol. The normalized spacial score (nSPS) is 34.4. The molecule has 0 radical (unpaired) electrons. The molecule has 4 fully saturated rings. The van der Waals surface area contributed by atoms with Gasteiger partial charge in [-0.05, 0) is 37.5 Å². The molecule has 5 aliphatic rings. The summed E-state index contributed by atoms with van der Waals surface area (Å²) in [5.41, 5.74) is 1.66. The molecule has 1 atom stereocenters. The molecule has 6 rings (SSSR count). The Hall–Kier alpha value is -2.28. The fourth-order valence-electron chi connectivity index (χ4n) is 5.11. The Labute approximate surface area is 163 Å². The highest BCUT2D eigenvalue weighted by Gasteiger charge is 2.57. The fourth-order valence-corrected chi connectivity index (χ4v) is 5.11. The second kappa shape index (κ2) is 5.41. The Morgan fingerprint density at radius 1 is 1.18 bits per heavy atom. The zero-order chi connectivity index (χ0) is 19.1. The van der Waals surface area contributed by atoms with E-state index >= 15 is 0 Å². The standard InChI is InChI=1S/C21H24N2O5/c1-12-6-15-17(20(2-3-20)10-27-15)16(7-12)28-14-8-13(9-14)23-18(24)21(22-19(23)25)4-5-26-11-21/h6-7,13-14H,2-5,8-11H2,1H3,(H,22,25)/t13?,14?,21-/m0/s1. The molecule has 0 unspecified atom stereocenters. The van der Waals surface area contributed by atoms with E-state index in [1.54, 1.807) is 0 Å². The van der Waals surface area contributed by atoms with Crippen LogP contribution in [0.4, 0.5) is 4.79 Å². The molecule has 0 aromatic heterocycles. The van der Waals surface area contributed by atoms with E-state index in [9.17, 15) is 9.59 Å². The van der Waals surface area contributed by atoms with Crippen molar-refractivity contribution in [3.63, 3.8) is 0 Å². The molecule has 7 heteroatoms. The molecule has 1 aromatic carbocycles. The Kier molecular flexibility index (Phi) is 3.22. The number of carbonyl (C=O) groups is 2. The van der Waals surface area contributed by atoms with Crippen LogP contribution in [0.3, 0.4) is 0 Å². The van der Waals surface area contributed by atoms with Gasteiger partial charge in [0.2, 0.25) is 0 Å². The summed E-state index contributed by atoms with van der Waals surface area (Å²) in [5.74, 6) is 1.74. The van der Waals surface area contributed by atoms with Crippen molar-refractivity contribution >= 4 is 11.9 Å². The van der Waals surface area contributed by atoms with E-state index in [0.717, 1.165) is 36.5 Å². The zero-order valence-corrected chi connectivity index (χ0v) is 16.0. The first-order chi connectivity index (χ1) is 13.5. The Bertz CT molecular complexity index is 881. The van der Waals surface area contributed by atoms with E-state index in [1.807, 2.05) is 6.92 Å². The van der Waals surface area contributed by atoms with Gasteiger partial charge >= 0.3 is 6.03 Å². The van der Waals surface area contributed by atoms with Crippen LogP contribution in [-0.4, -0.2) is 54.3 Å². The van der Waals surface area contributed by atoms with Crippen molar-refractivity contribution in [2.45, 2.75) is 62.1 Å². The van der Waals surface area contributed by atoms with Crippen LogP contribution in [0.25, 0.3) is 0 Å². The van der Waals surface area contributed by atoms with Gasteiger partial charge in [0.1, 0.15) is 23.1 Å². The minimum Gasteiger partial charge on any atom is -0.492 e. The predicted octanol–water partition coefficient (Wildman–Crippen LogP) is 2.04. The maximum atomic E-state index is 12.8. The average Bonchev–Trinajstić information content (AvgIpc) is 2.97. The highest BCUT2D eigenvalue weighted by Crippen LogP contribution is 2.59. The molecule has 2 saturated carbocycles. The summed E-state index contributed by atoms with van der Waals surface area (Å²) in [6.45, 7) is 3.59. The molecule has 2 spiro atoms. The molecule has 1 N–H and O–H groups in total. The molecule has 28 heavy (non-hydrogen) atoms. The molecule has 7 nitrogen and oxygen atoms in total. The van der Waals surface area contributed by atoms with Crippen LogP contribution in [0.1, 0.15) is 43.2 Å². The number of ether oxygens (including phenoxy) is 3. The van der Waals surface area contributed by atoms with Crippen LogP contribution in [0.15, 0.2) is 12.1 Å². The van der Waals surface area contributed by atoms with Crippen molar-refractivity contribution in [2.75, 3.05) is 19.8 Å². The summed E-state index contributed by atoms with van der Waals surface area (Å²) in [6, 6.07) is 3.80. The SMILES string of the molecule is Cc1cc2c(c(OC3CC(N4C(=O)N[C@]5(CCOC5)C4=O)C3)c1)C1(CC1)CO2. The topological polar surface area (TPSA) is 77.1 Å². The maximum Gasteiger partial charge on any atom is 0.325 e. The first-order valence-corrected chi connectivity index (χ1v) is 10.2. The van der Waals surface area contributed by atoms with Crippen molar-refractivity contribution in [3.8, 4) is 11.5 Å². The summed E-state index contributed by atoms with van der Waals surface area (Å²) >= 11 is 0. The van der Waals surface area contributed by atoms with Crippen LogP contribution >= 0.6 is 0 Å². The van der Waals surface area contributed by atoms with Gasteiger partial charge in [-0.3, -0.25) is 9.69 Å². The van der Waals surface area contributed by atoms with Gasteiger partial charge in [0.15, 0.2) is 0 Å². The molecule has 1 aromatic rings. The van der Waals surface area contributed by atoms with Crippen LogP contribution < -0.4 is 14.8 Å². The van der Waals surface area contributed by atoms with E-state index < -0.39 is 5.54 Å². The van der Waals surface area contributed by atoms with Crippen LogP contribution in [0.2, 0.25) is 0 Å². The maximum absolute atomic E-state index is 12.8. The van der Waals surface area contributed by atoms with Gasteiger partial charge in [-0.15, -0.1) is 0 Å². The third kappa shape index (κ3) is 2.19. The van der Waals surface area contributed by atoms with Crippen molar-refractivity contribution in [1.82, 2.24) is 10.2 Å². The van der Waals surface area contributed by atoms with Crippen LogP contribution in [0, 0.1) is 6.92 Å². The Morgan fingerprint density at radius 2 is 2.00 bits per heavy atom. The van der Waals surface area contributed by atoms with Gasteiger partial charge in [-0.2, -0.15) is 0 Å². The number of fused-ring (bicyclic) bond motifs is 2. The van der Waals surface area contributed by atoms with Gasteiger partial charge in [0.05, 0.1) is 13.2 Å². The largest absolute Gasteiger partial charge is 0.492 e. The molecular formula is C21H24N2O5. The van der Waals surface area contributed by atoms with Crippen molar-refractivity contribution in [1.29, 1.82) is 0 Å². The molecule has 3 heterocycles. The lowest BCUT2D eigenvalue weighted by atomic mass is 9.86. The molecule has 2 saturated heterocycles. The third-order valence-corrected chi connectivity index (χ3v) is 7.04. The van der Waals surface area contributed by atoms with Gasteiger partial charge in [-0.1, -0.05) is 0 Å². The number of benzene rings is 1. The molecular weight excluding hydrogens is 360 g/mol. The van der Waals surface area contributed by atoms with Crippen molar-refractivity contribution in [3.05, 3.63) is 23.3 Å². The Morgan fingerprint density at radius 3 is 2.71 bits per heavy atom. The number of hydrogen-bond donors (Lipinski definition) is 1. The van der Waals surface area contributed by atoms with Gasteiger partial charge in [0, 0.05) is 42.9 Å². The second-order valence-corrected chi connectivity index (χ2v) is 9.06. The summed E-state index contributed by atoms with van der Waals surface area (Å²) in [7, 11) is 0. The number of nitrogens with one attached hydrogen (secondary N) is 1. The van der Waals surface area contributed by atoms with E-state index in [4.69, 9.17) is 14.2 Å².